The van der Waals surface area contributed by atoms with Crippen molar-refractivity contribution in [2.24, 2.45) is 0 Å². The average Bonchev–Trinajstić information content (AvgIpc) is 2.77. The molecule has 30 heavy (non-hydrogen) atoms. The Bertz CT molecular complexity index is 1040. The van der Waals surface area contributed by atoms with Gasteiger partial charge in [-0.15, -0.1) is 0 Å². The zero-order valence-corrected chi connectivity index (χ0v) is 17.2. The van der Waals surface area contributed by atoms with Gasteiger partial charge in [-0.2, -0.15) is 0 Å². The molecule has 0 unspecified atom stereocenters. The fourth-order valence-corrected chi connectivity index (χ4v) is 3.43. The lowest BCUT2D eigenvalue weighted by Crippen LogP contribution is -2.15. The van der Waals surface area contributed by atoms with Crippen LogP contribution in [0.15, 0.2) is 54.6 Å². The van der Waals surface area contributed by atoms with Crippen LogP contribution in [0.1, 0.15) is 11.1 Å². The van der Waals surface area contributed by atoms with Crippen molar-refractivity contribution in [2.45, 2.75) is 13.2 Å². The fourth-order valence-electron chi connectivity index (χ4n) is 3.14. The topological polar surface area (TPSA) is 49.0 Å². The maximum atomic E-state index is 13.8. The highest BCUT2D eigenvalue weighted by Gasteiger charge is 2.15. The molecule has 1 aliphatic rings. The Morgan fingerprint density at radius 1 is 1.03 bits per heavy atom. The summed E-state index contributed by atoms with van der Waals surface area (Å²) in [5.41, 5.74) is 2.25. The van der Waals surface area contributed by atoms with Crippen molar-refractivity contribution < 1.29 is 23.3 Å². The van der Waals surface area contributed by atoms with Gasteiger partial charge < -0.3 is 24.3 Å². The third-order valence-electron chi connectivity index (χ3n) is 4.66. The van der Waals surface area contributed by atoms with Crippen molar-refractivity contribution in [1.82, 2.24) is 0 Å². The standard InChI is InChI=1S/C23H21ClFNO4/c1-27-22-11-15(13-26-17-6-7-20-21(12-17)29-9-8-28-20)10-18(24)23(22)30-14-16-4-2-3-5-19(16)25/h2-7,10-12,26H,8-9,13-14H2,1H3. The van der Waals surface area contributed by atoms with E-state index in [1.165, 1.54) is 6.07 Å². The monoisotopic (exact) mass is 429 g/mol. The van der Waals surface area contributed by atoms with Crippen LogP contribution < -0.4 is 24.3 Å². The second-order valence-electron chi connectivity index (χ2n) is 6.70. The SMILES string of the molecule is COc1cc(CNc2ccc3c(c2)OCCO3)cc(Cl)c1OCc1ccccc1F. The molecule has 3 aromatic rings. The number of anilines is 1. The zero-order valence-electron chi connectivity index (χ0n) is 16.4. The number of benzene rings is 3. The Morgan fingerprint density at radius 2 is 1.83 bits per heavy atom. The summed E-state index contributed by atoms with van der Waals surface area (Å²) < 4.78 is 36.2. The second-order valence-corrected chi connectivity index (χ2v) is 7.11. The van der Waals surface area contributed by atoms with E-state index in [1.54, 1.807) is 31.4 Å². The first kappa shape index (κ1) is 20.2. The summed E-state index contributed by atoms with van der Waals surface area (Å²) in [5, 5.41) is 3.73. The molecular formula is C23H21ClFNO4. The Hall–Kier alpha value is -3.12. The molecule has 0 saturated carbocycles. The lowest BCUT2D eigenvalue weighted by Gasteiger charge is -2.19. The van der Waals surface area contributed by atoms with Crippen molar-refractivity contribution >= 4 is 17.3 Å². The lowest BCUT2D eigenvalue weighted by molar-refractivity contribution is 0.171. The Morgan fingerprint density at radius 3 is 2.63 bits per heavy atom. The number of fused-ring (bicyclic) bond motifs is 1. The highest BCUT2D eigenvalue weighted by molar-refractivity contribution is 6.32. The normalized spacial score (nSPS) is 12.4. The van der Waals surface area contributed by atoms with E-state index < -0.39 is 0 Å². The van der Waals surface area contributed by atoms with E-state index in [-0.39, 0.29) is 12.4 Å². The summed E-state index contributed by atoms with van der Waals surface area (Å²) in [6.07, 6.45) is 0. The largest absolute Gasteiger partial charge is 0.493 e. The van der Waals surface area contributed by atoms with E-state index in [4.69, 9.17) is 30.5 Å². The van der Waals surface area contributed by atoms with Crippen LogP contribution in [0.5, 0.6) is 23.0 Å². The molecule has 5 nitrogen and oxygen atoms in total. The predicted molar refractivity (Wildman–Crippen MR) is 113 cm³/mol. The van der Waals surface area contributed by atoms with Crippen LogP contribution in [0.3, 0.4) is 0 Å². The summed E-state index contributed by atoms with van der Waals surface area (Å²) in [4.78, 5) is 0. The van der Waals surface area contributed by atoms with Crippen molar-refractivity contribution in [2.75, 3.05) is 25.6 Å². The highest BCUT2D eigenvalue weighted by atomic mass is 35.5. The third kappa shape index (κ3) is 4.54. The van der Waals surface area contributed by atoms with Crippen LogP contribution in [0.2, 0.25) is 5.02 Å². The molecule has 0 saturated heterocycles. The van der Waals surface area contributed by atoms with Crippen LogP contribution in [0.25, 0.3) is 0 Å². The smallest absolute Gasteiger partial charge is 0.180 e. The van der Waals surface area contributed by atoms with Crippen molar-refractivity contribution in [3.63, 3.8) is 0 Å². The van der Waals surface area contributed by atoms with Gasteiger partial charge in [0, 0.05) is 23.9 Å². The van der Waals surface area contributed by atoms with Gasteiger partial charge in [-0.3, -0.25) is 0 Å². The molecule has 3 aromatic carbocycles. The van der Waals surface area contributed by atoms with Crippen LogP contribution in [-0.4, -0.2) is 20.3 Å². The summed E-state index contributed by atoms with van der Waals surface area (Å²) in [5.74, 6) is 2.00. The molecule has 4 rings (SSSR count). The van der Waals surface area contributed by atoms with Crippen LogP contribution >= 0.6 is 11.6 Å². The van der Waals surface area contributed by atoms with Gasteiger partial charge in [0.15, 0.2) is 23.0 Å². The molecule has 0 aromatic heterocycles. The van der Waals surface area contributed by atoms with Gasteiger partial charge in [0.25, 0.3) is 0 Å². The molecule has 0 amide bonds. The first-order valence-corrected chi connectivity index (χ1v) is 9.88. The van der Waals surface area contributed by atoms with Gasteiger partial charge in [0.05, 0.1) is 12.1 Å². The van der Waals surface area contributed by atoms with Crippen molar-refractivity contribution in [1.29, 1.82) is 0 Å². The number of rotatable bonds is 7. The minimum Gasteiger partial charge on any atom is -0.493 e. The molecular weight excluding hydrogens is 409 g/mol. The van der Waals surface area contributed by atoms with Gasteiger partial charge in [0.2, 0.25) is 0 Å². The molecule has 156 valence electrons. The summed E-state index contributed by atoms with van der Waals surface area (Å²) >= 11 is 6.43. The first-order chi connectivity index (χ1) is 14.6. The number of hydrogen-bond donors (Lipinski definition) is 1. The molecule has 1 aliphatic heterocycles. The van der Waals surface area contributed by atoms with Crippen molar-refractivity contribution in [3.8, 4) is 23.0 Å². The van der Waals surface area contributed by atoms with E-state index in [9.17, 15) is 4.39 Å². The minimum absolute atomic E-state index is 0.0531. The lowest BCUT2D eigenvalue weighted by atomic mass is 10.2. The van der Waals surface area contributed by atoms with E-state index in [2.05, 4.69) is 5.32 Å². The minimum atomic E-state index is -0.326. The summed E-state index contributed by atoms with van der Waals surface area (Å²) in [6.45, 7) is 1.67. The van der Waals surface area contributed by atoms with Gasteiger partial charge in [0.1, 0.15) is 25.6 Å². The quantitative estimate of drug-likeness (QED) is 0.541. The molecule has 1 heterocycles. The molecule has 0 aliphatic carbocycles. The molecule has 1 N–H and O–H groups in total. The number of nitrogens with one attached hydrogen (secondary N) is 1. The summed E-state index contributed by atoms with van der Waals surface area (Å²) in [7, 11) is 1.54. The Balaban J connectivity index is 1.46. The molecule has 0 fully saturated rings. The van der Waals surface area contributed by atoms with Gasteiger partial charge in [-0.25, -0.2) is 4.39 Å². The second kappa shape index (κ2) is 9.13. The molecule has 0 atom stereocenters. The summed E-state index contributed by atoms with van der Waals surface area (Å²) in [6, 6.07) is 15.8. The van der Waals surface area contributed by atoms with E-state index >= 15 is 0 Å². The fraction of sp³-hybridized carbons (Fsp3) is 0.217. The average molecular weight is 430 g/mol. The Kier molecular flexibility index (Phi) is 6.14. The number of halogens is 2. The maximum absolute atomic E-state index is 13.8. The molecule has 0 spiro atoms. The van der Waals surface area contributed by atoms with Crippen LogP contribution in [0, 0.1) is 5.82 Å². The van der Waals surface area contributed by atoms with Crippen LogP contribution in [0.4, 0.5) is 10.1 Å². The Labute approximate surface area is 179 Å². The number of hydrogen-bond acceptors (Lipinski definition) is 5. The zero-order chi connectivity index (χ0) is 20.9. The molecule has 7 heteroatoms. The van der Waals surface area contributed by atoms with Crippen LogP contribution in [-0.2, 0) is 13.2 Å². The molecule has 0 radical (unpaired) electrons. The van der Waals surface area contributed by atoms with Gasteiger partial charge >= 0.3 is 0 Å². The predicted octanol–water partition coefficient (Wildman–Crippen LogP) is 5.45. The number of methoxy groups -OCH3 is 1. The maximum Gasteiger partial charge on any atom is 0.180 e. The third-order valence-corrected chi connectivity index (χ3v) is 4.94. The van der Waals surface area contributed by atoms with Gasteiger partial charge in [-0.05, 0) is 35.9 Å². The van der Waals surface area contributed by atoms with E-state index in [0.29, 0.717) is 41.8 Å². The first-order valence-electron chi connectivity index (χ1n) is 9.50. The van der Waals surface area contributed by atoms with Crippen molar-refractivity contribution in [3.05, 3.63) is 76.6 Å². The molecule has 0 bridgehead atoms. The van der Waals surface area contributed by atoms with Gasteiger partial charge in [-0.1, -0.05) is 29.8 Å². The highest BCUT2D eigenvalue weighted by Crippen LogP contribution is 2.38. The van der Waals surface area contributed by atoms with E-state index in [1.807, 2.05) is 24.3 Å². The van der Waals surface area contributed by atoms with E-state index in [0.717, 1.165) is 22.7 Å². The number of ether oxygens (including phenoxy) is 4.